The molecule has 122 valence electrons. The van der Waals surface area contributed by atoms with Gasteiger partial charge >= 0.3 is 0 Å². The number of hydrogen-bond acceptors (Lipinski definition) is 3. The third-order valence-electron chi connectivity index (χ3n) is 3.29. The van der Waals surface area contributed by atoms with Gasteiger partial charge in [0.25, 0.3) is 5.91 Å². The first-order chi connectivity index (χ1) is 10.8. The summed E-state index contributed by atoms with van der Waals surface area (Å²) in [4.78, 5) is 12.1. The second-order valence-electron chi connectivity index (χ2n) is 6.48. The topological polar surface area (TPSA) is 64.3 Å². The van der Waals surface area contributed by atoms with E-state index in [2.05, 4.69) is 11.4 Å². The van der Waals surface area contributed by atoms with Crippen LogP contribution in [0.25, 0.3) is 0 Å². The second-order valence-corrected chi connectivity index (χ2v) is 6.48. The molecule has 0 heterocycles. The normalized spacial score (nSPS) is 11.1. The summed E-state index contributed by atoms with van der Waals surface area (Å²) in [6.45, 7) is 6.68. The van der Waals surface area contributed by atoms with E-state index in [4.69, 9.17) is 10.5 Å². The summed E-state index contributed by atoms with van der Waals surface area (Å²) in [5.41, 5.74) is 8.31. The maximum atomic E-state index is 12.1. The lowest BCUT2D eigenvalue weighted by molar-refractivity contribution is 0.0945. The van der Waals surface area contributed by atoms with Gasteiger partial charge < -0.3 is 15.8 Å². The lowest BCUT2D eigenvalue weighted by atomic mass is 10.1. The molecule has 23 heavy (non-hydrogen) atoms. The van der Waals surface area contributed by atoms with E-state index in [9.17, 15) is 4.79 Å². The molecule has 3 N–H and O–H groups in total. The van der Waals surface area contributed by atoms with Gasteiger partial charge in [0.15, 0.2) is 0 Å². The Morgan fingerprint density at radius 2 is 1.91 bits per heavy atom. The van der Waals surface area contributed by atoms with Crippen LogP contribution in [-0.4, -0.2) is 18.0 Å². The van der Waals surface area contributed by atoms with Crippen molar-refractivity contribution in [1.82, 2.24) is 5.32 Å². The molecule has 0 spiro atoms. The predicted molar refractivity (Wildman–Crippen MR) is 92.6 cm³/mol. The number of ether oxygens (including phenoxy) is 1. The Kier molecular flexibility index (Phi) is 5.40. The van der Waals surface area contributed by atoms with E-state index < -0.39 is 5.54 Å². The number of rotatable bonds is 6. The number of benzene rings is 2. The van der Waals surface area contributed by atoms with Gasteiger partial charge in [-0.05, 0) is 44.5 Å². The van der Waals surface area contributed by atoms with Gasteiger partial charge in [-0.1, -0.05) is 35.9 Å². The van der Waals surface area contributed by atoms with Crippen molar-refractivity contribution < 1.29 is 9.53 Å². The zero-order chi connectivity index (χ0) is 16.9. The van der Waals surface area contributed by atoms with E-state index >= 15 is 0 Å². The summed E-state index contributed by atoms with van der Waals surface area (Å²) < 4.78 is 5.78. The highest BCUT2D eigenvalue weighted by Gasteiger charge is 2.13. The van der Waals surface area contributed by atoms with E-state index in [0.29, 0.717) is 24.5 Å². The third-order valence-corrected chi connectivity index (χ3v) is 3.29. The van der Waals surface area contributed by atoms with Crippen molar-refractivity contribution in [3.8, 4) is 5.75 Å². The highest BCUT2D eigenvalue weighted by molar-refractivity contribution is 5.94. The molecule has 0 radical (unpaired) electrons. The van der Waals surface area contributed by atoms with E-state index in [1.807, 2.05) is 51.1 Å². The summed E-state index contributed by atoms with van der Waals surface area (Å²) >= 11 is 0. The lowest BCUT2D eigenvalue weighted by Gasteiger charge is -2.19. The van der Waals surface area contributed by atoms with Crippen LogP contribution >= 0.6 is 0 Å². The Morgan fingerprint density at radius 3 is 2.61 bits per heavy atom. The first kappa shape index (κ1) is 17.0. The number of hydrogen-bond donors (Lipinski definition) is 2. The van der Waals surface area contributed by atoms with Crippen LogP contribution in [0.4, 0.5) is 0 Å². The van der Waals surface area contributed by atoms with Gasteiger partial charge in [0.2, 0.25) is 0 Å². The molecular formula is C19H24N2O2. The van der Waals surface area contributed by atoms with Crippen molar-refractivity contribution in [2.24, 2.45) is 5.73 Å². The molecule has 2 rings (SSSR count). The Labute approximate surface area is 137 Å². The summed E-state index contributed by atoms with van der Waals surface area (Å²) in [6, 6.07) is 15.3. The fraction of sp³-hybridized carbons (Fsp3) is 0.316. The van der Waals surface area contributed by atoms with Crippen LogP contribution in [-0.2, 0) is 6.61 Å². The van der Waals surface area contributed by atoms with Gasteiger partial charge in [0.1, 0.15) is 12.4 Å². The number of nitrogens with one attached hydrogen (secondary N) is 1. The molecule has 0 atom stereocenters. The average molecular weight is 312 g/mol. The molecule has 0 aromatic heterocycles. The minimum Gasteiger partial charge on any atom is -0.489 e. The Balaban J connectivity index is 1.98. The SMILES string of the molecule is Cc1cccc(COc2cccc(C(=O)NCC(C)(C)N)c2)c1. The quantitative estimate of drug-likeness (QED) is 0.861. The first-order valence-electron chi connectivity index (χ1n) is 7.69. The molecule has 2 aromatic carbocycles. The van der Waals surface area contributed by atoms with Crippen molar-refractivity contribution in [3.63, 3.8) is 0 Å². The summed E-state index contributed by atoms with van der Waals surface area (Å²) in [5.74, 6) is 0.524. The highest BCUT2D eigenvalue weighted by atomic mass is 16.5. The van der Waals surface area contributed by atoms with Crippen molar-refractivity contribution in [1.29, 1.82) is 0 Å². The number of nitrogens with two attached hydrogens (primary N) is 1. The Hall–Kier alpha value is -2.33. The standard InChI is InChI=1S/C19H24N2O2/c1-14-6-4-7-15(10-14)12-23-17-9-5-8-16(11-17)18(22)21-13-19(2,3)20/h4-11H,12-13,20H2,1-3H3,(H,21,22). The molecule has 0 aliphatic carbocycles. The molecule has 2 aromatic rings. The van der Waals surface area contributed by atoms with Gasteiger partial charge in [-0.2, -0.15) is 0 Å². The molecule has 0 bridgehead atoms. The molecule has 0 fully saturated rings. The number of carbonyl (C=O) groups excluding carboxylic acids is 1. The van der Waals surface area contributed by atoms with Gasteiger partial charge in [0, 0.05) is 17.6 Å². The third kappa shape index (κ3) is 5.75. The summed E-state index contributed by atoms with van der Waals surface area (Å²) in [5, 5.41) is 2.83. The van der Waals surface area contributed by atoms with Gasteiger partial charge in [-0.15, -0.1) is 0 Å². The number of aryl methyl sites for hydroxylation is 1. The summed E-state index contributed by atoms with van der Waals surface area (Å²) in [7, 11) is 0. The predicted octanol–water partition coefficient (Wildman–Crippen LogP) is 3.04. The monoisotopic (exact) mass is 312 g/mol. The lowest BCUT2D eigenvalue weighted by Crippen LogP contribution is -2.45. The smallest absolute Gasteiger partial charge is 0.251 e. The van der Waals surface area contributed by atoms with Crippen LogP contribution in [0.3, 0.4) is 0 Å². The second kappa shape index (κ2) is 7.29. The molecular weight excluding hydrogens is 288 g/mol. The number of carbonyl (C=O) groups is 1. The van der Waals surface area contributed by atoms with Crippen molar-refractivity contribution >= 4 is 5.91 Å². The van der Waals surface area contributed by atoms with Crippen LogP contribution in [0.1, 0.15) is 35.3 Å². The average Bonchev–Trinajstić information content (AvgIpc) is 2.50. The van der Waals surface area contributed by atoms with Crippen LogP contribution in [0.15, 0.2) is 48.5 Å². The largest absolute Gasteiger partial charge is 0.489 e. The fourth-order valence-electron chi connectivity index (χ4n) is 2.11. The maximum Gasteiger partial charge on any atom is 0.251 e. The van der Waals surface area contributed by atoms with E-state index in [-0.39, 0.29) is 5.91 Å². The molecule has 0 saturated carbocycles. The van der Waals surface area contributed by atoms with Crippen LogP contribution < -0.4 is 15.8 Å². The van der Waals surface area contributed by atoms with E-state index in [1.165, 1.54) is 5.56 Å². The highest BCUT2D eigenvalue weighted by Crippen LogP contribution is 2.16. The van der Waals surface area contributed by atoms with E-state index in [0.717, 1.165) is 5.56 Å². The van der Waals surface area contributed by atoms with E-state index in [1.54, 1.807) is 12.1 Å². The molecule has 0 unspecified atom stereocenters. The van der Waals surface area contributed by atoms with Crippen molar-refractivity contribution in [3.05, 3.63) is 65.2 Å². The Bertz CT molecular complexity index is 675. The molecule has 4 nitrogen and oxygen atoms in total. The zero-order valence-corrected chi connectivity index (χ0v) is 13.9. The molecule has 0 aliphatic rings. The van der Waals surface area contributed by atoms with Crippen LogP contribution in [0.2, 0.25) is 0 Å². The fourth-order valence-corrected chi connectivity index (χ4v) is 2.11. The number of amides is 1. The minimum atomic E-state index is -0.436. The molecule has 4 heteroatoms. The van der Waals surface area contributed by atoms with Gasteiger partial charge in [0.05, 0.1) is 0 Å². The van der Waals surface area contributed by atoms with Gasteiger partial charge in [-0.25, -0.2) is 0 Å². The molecule has 0 aliphatic heterocycles. The molecule has 1 amide bonds. The Morgan fingerprint density at radius 1 is 1.17 bits per heavy atom. The van der Waals surface area contributed by atoms with Crippen LogP contribution in [0, 0.1) is 6.92 Å². The van der Waals surface area contributed by atoms with Gasteiger partial charge in [-0.3, -0.25) is 4.79 Å². The zero-order valence-electron chi connectivity index (χ0n) is 13.9. The van der Waals surface area contributed by atoms with Crippen LogP contribution in [0.5, 0.6) is 5.75 Å². The maximum absolute atomic E-state index is 12.1. The van der Waals surface area contributed by atoms with Crippen molar-refractivity contribution in [2.75, 3.05) is 6.54 Å². The van der Waals surface area contributed by atoms with Crippen molar-refractivity contribution in [2.45, 2.75) is 32.9 Å². The first-order valence-corrected chi connectivity index (χ1v) is 7.69. The molecule has 0 saturated heterocycles. The summed E-state index contributed by atoms with van der Waals surface area (Å²) in [6.07, 6.45) is 0. The minimum absolute atomic E-state index is 0.149.